The number of aryl methyl sites for hydroxylation is 1. The number of para-hydroxylation sites is 1. The largest absolute Gasteiger partial charge is 0.483 e. The highest BCUT2D eigenvalue weighted by Gasteiger charge is 2.19. The first kappa shape index (κ1) is 20.7. The van der Waals surface area contributed by atoms with E-state index in [1.807, 2.05) is 29.3 Å². The summed E-state index contributed by atoms with van der Waals surface area (Å²) in [5.41, 5.74) is 3.56. The lowest BCUT2D eigenvalue weighted by Crippen LogP contribution is -2.35. The molecule has 3 heterocycles. The van der Waals surface area contributed by atoms with Crippen molar-refractivity contribution in [2.75, 3.05) is 26.2 Å². The smallest absolute Gasteiger partial charge is 0.290 e. The first-order valence-corrected chi connectivity index (χ1v) is 9.85. The number of furan rings is 1. The highest BCUT2D eigenvalue weighted by Crippen LogP contribution is 2.19. The van der Waals surface area contributed by atoms with Gasteiger partial charge in [0.15, 0.2) is 0 Å². The zero-order valence-corrected chi connectivity index (χ0v) is 16.4. The molecular weight excluding hydrogens is 370 g/mol. The summed E-state index contributed by atoms with van der Waals surface area (Å²) in [5.74, 6) is 0.264. The zero-order valence-electron chi connectivity index (χ0n) is 16.4. The molecule has 0 unspecified atom stereocenters. The third kappa shape index (κ3) is 5.71. The lowest BCUT2D eigenvalue weighted by Gasteiger charge is -2.21. The second-order valence-electron chi connectivity index (χ2n) is 7.11. The molecule has 2 N–H and O–H groups in total. The summed E-state index contributed by atoms with van der Waals surface area (Å²) >= 11 is 0. The lowest BCUT2D eigenvalue weighted by atomic mass is 10.1. The minimum Gasteiger partial charge on any atom is -0.483 e. The number of carbonyl (C=O) groups is 2. The number of fused-ring (bicyclic) bond motifs is 1. The van der Waals surface area contributed by atoms with Crippen LogP contribution in [0.2, 0.25) is 0 Å². The van der Waals surface area contributed by atoms with Crippen LogP contribution in [-0.2, 0) is 22.6 Å². The number of nitrogens with zero attached hydrogens (tertiary/aromatic N) is 2. The van der Waals surface area contributed by atoms with Crippen LogP contribution in [0.25, 0.3) is 10.9 Å². The first-order valence-electron chi connectivity index (χ1n) is 9.85. The Kier molecular flexibility index (Phi) is 7.47. The van der Waals surface area contributed by atoms with E-state index in [1.165, 1.54) is 16.5 Å². The standard InChI is InChI=1S/C21H25N3O2.CH2O2/c25-21(7-6-18-14-22-20-5-2-1-4-19(18)20)24-10-3-9-23(11-12-24)15-17-8-13-26-16-17;2-1-3/h1-2,4-5,8,13-14,16,22H,3,6-7,9-12,15H2;1H,(H,2,3). The second kappa shape index (κ2) is 10.5. The molecule has 3 aromatic rings. The summed E-state index contributed by atoms with van der Waals surface area (Å²) in [6.45, 7) is 4.26. The van der Waals surface area contributed by atoms with Gasteiger partial charge < -0.3 is 19.4 Å². The average Bonchev–Trinajstić information content (AvgIpc) is 3.32. The minimum absolute atomic E-state index is 0.250. The number of amides is 1. The van der Waals surface area contributed by atoms with Gasteiger partial charge in [-0.25, -0.2) is 0 Å². The summed E-state index contributed by atoms with van der Waals surface area (Å²) in [4.78, 5) is 28.8. The van der Waals surface area contributed by atoms with Gasteiger partial charge in [-0.1, -0.05) is 18.2 Å². The first-order chi connectivity index (χ1) is 14.2. The molecule has 4 rings (SSSR count). The molecule has 0 bridgehead atoms. The molecule has 1 amide bonds. The molecular formula is C22H27N3O4. The van der Waals surface area contributed by atoms with E-state index in [4.69, 9.17) is 14.3 Å². The maximum Gasteiger partial charge on any atom is 0.290 e. The fourth-order valence-corrected chi connectivity index (χ4v) is 3.76. The summed E-state index contributed by atoms with van der Waals surface area (Å²) in [6, 6.07) is 10.3. The van der Waals surface area contributed by atoms with Gasteiger partial charge in [-0.2, -0.15) is 0 Å². The van der Waals surface area contributed by atoms with Crippen molar-refractivity contribution in [3.63, 3.8) is 0 Å². The third-order valence-corrected chi connectivity index (χ3v) is 5.21. The van der Waals surface area contributed by atoms with Gasteiger partial charge in [-0.3, -0.25) is 14.5 Å². The van der Waals surface area contributed by atoms with Crippen molar-refractivity contribution in [2.24, 2.45) is 0 Å². The van der Waals surface area contributed by atoms with Gasteiger partial charge in [0.1, 0.15) is 0 Å². The molecule has 1 saturated heterocycles. The molecule has 1 fully saturated rings. The molecule has 2 aromatic heterocycles. The van der Waals surface area contributed by atoms with Crippen molar-refractivity contribution in [1.29, 1.82) is 0 Å². The molecule has 0 spiro atoms. The van der Waals surface area contributed by atoms with E-state index in [2.05, 4.69) is 22.0 Å². The molecule has 1 aliphatic rings. The normalized spacial score (nSPS) is 14.8. The number of H-pyrrole nitrogens is 1. The van der Waals surface area contributed by atoms with Gasteiger partial charge in [0, 0.05) is 61.8 Å². The van der Waals surface area contributed by atoms with E-state index in [1.54, 1.807) is 12.5 Å². The van der Waals surface area contributed by atoms with E-state index in [0.29, 0.717) is 6.42 Å². The number of nitrogens with one attached hydrogen (secondary N) is 1. The minimum atomic E-state index is -0.250. The molecule has 0 radical (unpaired) electrons. The maximum absolute atomic E-state index is 12.7. The SMILES string of the molecule is O=C(CCc1c[nH]c2ccccc12)N1CCCN(Cc2ccoc2)CC1.O=CO. The topological polar surface area (TPSA) is 89.8 Å². The molecule has 1 aliphatic heterocycles. The number of hydrogen-bond donors (Lipinski definition) is 2. The van der Waals surface area contributed by atoms with Crippen LogP contribution in [0.4, 0.5) is 0 Å². The van der Waals surface area contributed by atoms with Crippen LogP contribution in [0.15, 0.2) is 53.5 Å². The molecule has 1 aromatic carbocycles. The van der Waals surface area contributed by atoms with Crippen molar-refractivity contribution >= 4 is 23.3 Å². The van der Waals surface area contributed by atoms with E-state index in [9.17, 15) is 4.79 Å². The Morgan fingerprint density at radius 1 is 1.17 bits per heavy atom. The van der Waals surface area contributed by atoms with E-state index in [-0.39, 0.29) is 12.4 Å². The van der Waals surface area contributed by atoms with Gasteiger partial charge in [-0.05, 0) is 30.5 Å². The van der Waals surface area contributed by atoms with Crippen LogP contribution in [0.5, 0.6) is 0 Å². The average molecular weight is 397 g/mol. The molecule has 29 heavy (non-hydrogen) atoms. The number of hydrogen-bond acceptors (Lipinski definition) is 4. The van der Waals surface area contributed by atoms with Crippen LogP contribution in [0.1, 0.15) is 24.0 Å². The van der Waals surface area contributed by atoms with Crippen molar-refractivity contribution in [1.82, 2.24) is 14.8 Å². The summed E-state index contributed by atoms with van der Waals surface area (Å²) in [5, 5.41) is 8.11. The quantitative estimate of drug-likeness (QED) is 0.646. The Bertz CT molecular complexity index is 904. The molecule has 7 nitrogen and oxygen atoms in total. The number of benzene rings is 1. The third-order valence-electron chi connectivity index (χ3n) is 5.21. The predicted molar refractivity (Wildman–Crippen MR) is 110 cm³/mol. The van der Waals surface area contributed by atoms with E-state index in [0.717, 1.165) is 51.1 Å². The van der Waals surface area contributed by atoms with Crippen molar-refractivity contribution < 1.29 is 19.1 Å². The van der Waals surface area contributed by atoms with E-state index >= 15 is 0 Å². The van der Waals surface area contributed by atoms with Crippen LogP contribution in [-0.4, -0.2) is 58.4 Å². The maximum atomic E-state index is 12.7. The predicted octanol–water partition coefficient (Wildman–Crippen LogP) is 3.13. The molecule has 154 valence electrons. The van der Waals surface area contributed by atoms with Gasteiger partial charge in [0.25, 0.3) is 6.47 Å². The van der Waals surface area contributed by atoms with Crippen molar-refractivity contribution in [2.45, 2.75) is 25.8 Å². The van der Waals surface area contributed by atoms with Gasteiger partial charge >= 0.3 is 0 Å². The number of aromatic amines is 1. The highest BCUT2D eigenvalue weighted by atomic mass is 16.3. The lowest BCUT2D eigenvalue weighted by molar-refractivity contribution is -0.131. The Balaban J connectivity index is 0.000000755. The second-order valence-corrected chi connectivity index (χ2v) is 7.11. The van der Waals surface area contributed by atoms with Crippen LogP contribution < -0.4 is 0 Å². The Labute approximate surface area is 169 Å². The van der Waals surface area contributed by atoms with Gasteiger partial charge in [0.2, 0.25) is 5.91 Å². The summed E-state index contributed by atoms with van der Waals surface area (Å²) in [6.07, 6.45) is 7.94. The van der Waals surface area contributed by atoms with Crippen LogP contribution >= 0.6 is 0 Å². The fraction of sp³-hybridized carbons (Fsp3) is 0.364. The van der Waals surface area contributed by atoms with Crippen molar-refractivity contribution in [3.05, 3.63) is 60.2 Å². The van der Waals surface area contributed by atoms with Crippen LogP contribution in [0, 0.1) is 0 Å². The number of aromatic nitrogens is 1. The number of carboxylic acid groups (broad SMARTS) is 1. The number of rotatable bonds is 5. The Morgan fingerprint density at radius 3 is 2.79 bits per heavy atom. The highest BCUT2D eigenvalue weighted by molar-refractivity contribution is 5.84. The molecule has 0 saturated carbocycles. The summed E-state index contributed by atoms with van der Waals surface area (Å²) < 4.78 is 5.15. The van der Waals surface area contributed by atoms with Crippen molar-refractivity contribution in [3.8, 4) is 0 Å². The Morgan fingerprint density at radius 2 is 2.00 bits per heavy atom. The van der Waals surface area contributed by atoms with Crippen LogP contribution in [0.3, 0.4) is 0 Å². The summed E-state index contributed by atoms with van der Waals surface area (Å²) in [7, 11) is 0. The Hall–Kier alpha value is -3.06. The molecule has 7 heteroatoms. The molecule has 0 atom stereocenters. The monoisotopic (exact) mass is 397 g/mol. The van der Waals surface area contributed by atoms with E-state index < -0.39 is 0 Å². The molecule has 0 aliphatic carbocycles. The fourth-order valence-electron chi connectivity index (χ4n) is 3.76. The van der Waals surface area contributed by atoms with Gasteiger partial charge in [0.05, 0.1) is 12.5 Å². The van der Waals surface area contributed by atoms with Gasteiger partial charge in [-0.15, -0.1) is 0 Å². The number of carbonyl (C=O) groups excluding carboxylic acids is 1. The zero-order chi connectivity index (χ0) is 20.5.